The van der Waals surface area contributed by atoms with Crippen LogP contribution in [0.4, 0.5) is 0 Å². The van der Waals surface area contributed by atoms with Gasteiger partial charge in [-0.25, -0.2) is 0 Å². The molecule has 0 N–H and O–H groups in total. The summed E-state index contributed by atoms with van der Waals surface area (Å²) in [6, 6.07) is 17.8. The number of fused-ring (bicyclic) bond motifs is 2. The second-order valence-corrected chi connectivity index (χ2v) is 23.5. The van der Waals surface area contributed by atoms with Crippen molar-refractivity contribution in [3.05, 3.63) is 82.9 Å². The lowest BCUT2D eigenvalue weighted by Gasteiger charge is -2.21. The summed E-state index contributed by atoms with van der Waals surface area (Å²) >= 11 is 13.7. The Hall–Kier alpha value is -1.07. The third-order valence-electron chi connectivity index (χ3n) is 6.89. The summed E-state index contributed by atoms with van der Waals surface area (Å²) in [6.45, 7) is 9.06. The molecule has 0 nitrogen and oxygen atoms in total. The van der Waals surface area contributed by atoms with E-state index in [-0.39, 0.29) is 0 Å². The highest BCUT2D eigenvalue weighted by Crippen LogP contribution is 2.45. The molecule has 0 radical (unpaired) electrons. The molecule has 0 fully saturated rings. The minimum atomic E-state index is -1.76. The third-order valence-corrected chi connectivity index (χ3v) is 12.2. The maximum absolute atomic E-state index is 6.86. The first kappa shape index (κ1) is 23.1. The van der Waals surface area contributed by atoms with Gasteiger partial charge in [-0.3, -0.25) is 0 Å². The normalized spacial score (nSPS) is 20.3. The maximum atomic E-state index is 6.86. The van der Waals surface area contributed by atoms with Gasteiger partial charge in [-0.2, -0.15) is 22.2 Å². The fraction of sp³-hybridized carbons (Fsp3) is 0.407. The number of hydrogen-bond acceptors (Lipinski definition) is 0. The molecule has 0 heterocycles. The van der Waals surface area contributed by atoms with Crippen LogP contribution in [0.15, 0.2) is 60.7 Å². The van der Waals surface area contributed by atoms with Crippen LogP contribution in [0.2, 0.25) is 26.2 Å². The Labute approximate surface area is 199 Å². The van der Waals surface area contributed by atoms with Crippen molar-refractivity contribution >= 4 is 48.1 Å². The Morgan fingerprint density at radius 2 is 1.00 bits per heavy atom. The Morgan fingerprint density at radius 1 is 0.613 bits per heavy atom. The highest BCUT2D eigenvalue weighted by molar-refractivity contribution is 7.20. The predicted octanol–water partition coefficient (Wildman–Crippen LogP) is 9.26. The molecular formula is C27H34Cl2Si2. The first-order valence-electron chi connectivity index (χ1n) is 11.6. The molecule has 164 valence electrons. The van der Waals surface area contributed by atoms with Crippen LogP contribution in [0.25, 0.3) is 11.1 Å². The molecule has 4 rings (SSSR count). The third kappa shape index (κ3) is 4.98. The summed E-state index contributed by atoms with van der Waals surface area (Å²) in [5, 5.41) is 0. The van der Waals surface area contributed by atoms with E-state index in [0.717, 1.165) is 12.8 Å². The van der Waals surface area contributed by atoms with E-state index >= 15 is 0 Å². The minimum Gasteiger partial charge on any atom is -0.167 e. The van der Waals surface area contributed by atoms with Gasteiger partial charge in [0.2, 0.25) is 0 Å². The SMILES string of the molecule is C[Si](C)(Cl)C1C=C(CCCCCC2=CC([Si](C)(C)Cl)c3ccccc32)c2ccccc21. The van der Waals surface area contributed by atoms with Gasteiger partial charge >= 0.3 is 0 Å². The van der Waals surface area contributed by atoms with Crippen LogP contribution >= 0.6 is 22.2 Å². The smallest absolute Gasteiger partial charge is 0.161 e. The second-order valence-electron chi connectivity index (χ2n) is 10.2. The average Bonchev–Trinajstić information content (AvgIpc) is 3.27. The van der Waals surface area contributed by atoms with Crippen LogP contribution in [0.5, 0.6) is 0 Å². The summed E-state index contributed by atoms with van der Waals surface area (Å²) < 4.78 is 0. The van der Waals surface area contributed by atoms with E-state index in [0.29, 0.717) is 11.1 Å². The molecule has 2 aromatic carbocycles. The molecule has 0 saturated heterocycles. The van der Waals surface area contributed by atoms with Gasteiger partial charge in [0.05, 0.1) is 0 Å². The molecule has 2 unspecified atom stereocenters. The molecule has 0 spiro atoms. The molecule has 0 bridgehead atoms. The Morgan fingerprint density at radius 3 is 1.39 bits per heavy atom. The summed E-state index contributed by atoms with van der Waals surface area (Å²) in [5.41, 5.74) is 9.72. The number of unbranched alkanes of at least 4 members (excludes halogenated alkanes) is 2. The van der Waals surface area contributed by atoms with Crippen molar-refractivity contribution in [2.75, 3.05) is 0 Å². The van der Waals surface area contributed by atoms with Gasteiger partial charge < -0.3 is 0 Å². The Kier molecular flexibility index (Phi) is 6.75. The first-order valence-corrected chi connectivity index (χ1v) is 19.8. The monoisotopic (exact) mass is 484 g/mol. The standard InChI is InChI=1S/C27H34Cl2Si2/c1-30(2,28)26-18-20(22-14-8-10-16-24(22)26)12-6-5-7-13-21-19-27(31(3,4)29)25-17-11-9-15-23(21)25/h8-11,14-19,26-27H,5-7,12-13H2,1-4H3. The van der Waals surface area contributed by atoms with Crippen molar-refractivity contribution in [2.24, 2.45) is 0 Å². The number of rotatable bonds is 8. The van der Waals surface area contributed by atoms with Gasteiger partial charge in [0.15, 0.2) is 14.8 Å². The van der Waals surface area contributed by atoms with Crippen molar-refractivity contribution in [3.8, 4) is 0 Å². The lowest BCUT2D eigenvalue weighted by Crippen LogP contribution is -2.25. The van der Waals surface area contributed by atoms with Gasteiger partial charge in [-0.1, -0.05) is 93.3 Å². The van der Waals surface area contributed by atoms with E-state index in [2.05, 4.69) is 86.9 Å². The molecule has 2 aliphatic carbocycles. The van der Waals surface area contributed by atoms with Crippen LogP contribution in [0.3, 0.4) is 0 Å². The van der Waals surface area contributed by atoms with Crippen LogP contribution in [-0.4, -0.2) is 14.8 Å². The summed E-state index contributed by atoms with van der Waals surface area (Å²) in [4.78, 5) is 0. The van der Waals surface area contributed by atoms with Gasteiger partial charge in [0, 0.05) is 11.1 Å². The maximum Gasteiger partial charge on any atom is 0.161 e. The van der Waals surface area contributed by atoms with Crippen molar-refractivity contribution in [1.29, 1.82) is 0 Å². The molecule has 0 saturated carbocycles. The molecule has 0 aromatic heterocycles. The molecule has 0 amide bonds. The van der Waals surface area contributed by atoms with E-state index in [4.69, 9.17) is 22.2 Å². The fourth-order valence-electron chi connectivity index (χ4n) is 5.26. The molecule has 0 aliphatic heterocycles. The molecule has 2 aromatic rings. The largest absolute Gasteiger partial charge is 0.167 e. The average molecular weight is 486 g/mol. The zero-order chi connectivity index (χ0) is 22.2. The van der Waals surface area contributed by atoms with Crippen molar-refractivity contribution in [3.63, 3.8) is 0 Å². The summed E-state index contributed by atoms with van der Waals surface area (Å²) in [6.07, 6.45) is 11.0. The van der Waals surface area contributed by atoms with E-state index in [1.54, 1.807) is 0 Å². The molecule has 4 heteroatoms. The van der Waals surface area contributed by atoms with E-state index in [9.17, 15) is 0 Å². The number of allylic oxidation sites excluding steroid dienone is 4. The number of halogens is 2. The predicted molar refractivity (Wildman–Crippen MR) is 144 cm³/mol. The van der Waals surface area contributed by atoms with Crippen molar-refractivity contribution < 1.29 is 0 Å². The second kappa shape index (κ2) is 9.05. The lowest BCUT2D eigenvalue weighted by molar-refractivity contribution is 0.706. The number of benzene rings is 2. The van der Waals surface area contributed by atoms with E-state index in [1.807, 2.05) is 0 Å². The highest BCUT2D eigenvalue weighted by Gasteiger charge is 2.36. The van der Waals surface area contributed by atoms with Gasteiger partial charge in [-0.15, -0.1) is 0 Å². The van der Waals surface area contributed by atoms with Crippen molar-refractivity contribution in [2.45, 2.75) is 69.4 Å². The Balaban J connectivity index is 1.35. The summed E-state index contributed by atoms with van der Waals surface area (Å²) in [5.74, 6) is 0. The zero-order valence-corrected chi connectivity index (χ0v) is 22.7. The van der Waals surface area contributed by atoms with E-state index in [1.165, 1.54) is 52.7 Å². The zero-order valence-electron chi connectivity index (χ0n) is 19.2. The van der Waals surface area contributed by atoms with Crippen molar-refractivity contribution in [1.82, 2.24) is 0 Å². The van der Waals surface area contributed by atoms with Gasteiger partial charge in [0.1, 0.15) is 0 Å². The molecular weight excluding hydrogens is 451 g/mol. The van der Waals surface area contributed by atoms with E-state index < -0.39 is 14.8 Å². The lowest BCUT2D eigenvalue weighted by atomic mass is 9.98. The molecule has 2 atom stereocenters. The molecule has 2 aliphatic rings. The van der Waals surface area contributed by atoms with Gasteiger partial charge in [0.25, 0.3) is 0 Å². The van der Waals surface area contributed by atoms with Crippen LogP contribution in [0, 0.1) is 0 Å². The van der Waals surface area contributed by atoms with Gasteiger partial charge in [-0.05, 0) is 59.1 Å². The minimum absolute atomic E-state index is 0.445. The van der Waals surface area contributed by atoms with Crippen LogP contribution in [0.1, 0.15) is 65.4 Å². The number of hydrogen-bond donors (Lipinski definition) is 0. The van der Waals surface area contributed by atoms with Crippen LogP contribution in [-0.2, 0) is 0 Å². The highest BCUT2D eigenvalue weighted by atomic mass is 35.6. The molecule has 31 heavy (non-hydrogen) atoms. The summed E-state index contributed by atoms with van der Waals surface area (Å²) in [7, 11) is -3.53. The van der Waals surface area contributed by atoms with Crippen LogP contribution < -0.4 is 0 Å². The first-order chi connectivity index (χ1) is 14.7. The Bertz CT molecular complexity index is 927. The fourth-order valence-corrected chi connectivity index (χ4v) is 9.52. The topological polar surface area (TPSA) is 0 Å². The quantitative estimate of drug-likeness (QED) is 0.199.